The van der Waals surface area contributed by atoms with Gasteiger partial charge in [-0.2, -0.15) is 0 Å². The Morgan fingerprint density at radius 3 is 2.71 bits per heavy atom. The Morgan fingerprint density at radius 2 is 1.96 bits per heavy atom. The molecular formula is C21H24ClN3O3. The molecule has 2 saturated carbocycles. The first-order valence-electron chi connectivity index (χ1n) is 10.0. The summed E-state index contributed by atoms with van der Waals surface area (Å²) in [6.45, 7) is 0.470. The van der Waals surface area contributed by atoms with Crippen LogP contribution in [0.5, 0.6) is 5.75 Å². The van der Waals surface area contributed by atoms with Crippen LogP contribution in [0.1, 0.15) is 49.7 Å². The van der Waals surface area contributed by atoms with E-state index in [4.69, 9.17) is 16.3 Å². The maximum Gasteiger partial charge on any atom is 0.154 e. The van der Waals surface area contributed by atoms with Crippen molar-refractivity contribution in [2.45, 2.75) is 69.3 Å². The zero-order valence-electron chi connectivity index (χ0n) is 15.6. The Hall–Kier alpha value is -1.89. The number of phenols is 1. The van der Waals surface area contributed by atoms with Crippen LogP contribution >= 0.6 is 11.6 Å². The minimum absolute atomic E-state index is 0.0150. The van der Waals surface area contributed by atoms with Crippen molar-refractivity contribution in [3.05, 3.63) is 34.3 Å². The number of nitrogens with zero attached hydrogens (tertiary/aromatic N) is 2. The van der Waals surface area contributed by atoms with Crippen molar-refractivity contribution in [1.82, 2.24) is 10.2 Å². The lowest BCUT2D eigenvalue weighted by molar-refractivity contribution is 0.00823. The van der Waals surface area contributed by atoms with Crippen LogP contribution in [0, 0.1) is 0 Å². The first kappa shape index (κ1) is 18.2. The second-order valence-electron chi connectivity index (χ2n) is 8.27. The van der Waals surface area contributed by atoms with E-state index in [0.717, 1.165) is 56.1 Å². The molecule has 2 heterocycles. The van der Waals surface area contributed by atoms with Crippen molar-refractivity contribution in [3.8, 4) is 17.0 Å². The van der Waals surface area contributed by atoms with Crippen molar-refractivity contribution >= 4 is 17.4 Å². The summed E-state index contributed by atoms with van der Waals surface area (Å²) in [5.74, 6) is 0.789. The van der Waals surface area contributed by atoms with Crippen LogP contribution in [-0.2, 0) is 17.8 Å². The van der Waals surface area contributed by atoms with E-state index in [1.807, 2.05) is 0 Å². The maximum atomic E-state index is 10.4. The highest BCUT2D eigenvalue weighted by Crippen LogP contribution is 2.49. The number of ether oxygens (including phenoxy) is 1. The summed E-state index contributed by atoms with van der Waals surface area (Å²) >= 11 is 6.00. The van der Waals surface area contributed by atoms with Gasteiger partial charge in [0.15, 0.2) is 5.82 Å². The van der Waals surface area contributed by atoms with Crippen LogP contribution in [0.3, 0.4) is 0 Å². The summed E-state index contributed by atoms with van der Waals surface area (Å²) in [4.78, 5) is 0. The highest BCUT2D eigenvalue weighted by Gasteiger charge is 2.48. The predicted octanol–water partition coefficient (Wildman–Crippen LogP) is 3.82. The molecule has 2 aromatic rings. The van der Waals surface area contributed by atoms with Crippen LogP contribution in [0.15, 0.2) is 18.2 Å². The lowest BCUT2D eigenvalue weighted by Crippen LogP contribution is -2.37. The molecule has 5 rings (SSSR count). The molecule has 0 unspecified atom stereocenters. The summed E-state index contributed by atoms with van der Waals surface area (Å²) in [7, 11) is 0. The summed E-state index contributed by atoms with van der Waals surface area (Å²) < 4.78 is 6.15. The SMILES string of the molecule is Oc1cc(Cl)ccc1-c1nnc(N[C@@H]2CCCC[C@H]2O)c2c1CC1(CC1)OC2. The third-order valence-electron chi connectivity index (χ3n) is 6.28. The van der Waals surface area contributed by atoms with Gasteiger partial charge in [-0.25, -0.2) is 0 Å². The first-order valence-corrected chi connectivity index (χ1v) is 10.4. The number of aliphatic hydroxyl groups excluding tert-OH is 1. The number of anilines is 1. The Kier molecular flexibility index (Phi) is 4.45. The van der Waals surface area contributed by atoms with E-state index >= 15 is 0 Å². The van der Waals surface area contributed by atoms with Crippen molar-refractivity contribution in [2.24, 2.45) is 0 Å². The van der Waals surface area contributed by atoms with Crippen molar-refractivity contribution in [3.63, 3.8) is 0 Å². The Morgan fingerprint density at radius 1 is 1.14 bits per heavy atom. The summed E-state index contributed by atoms with van der Waals surface area (Å²) in [6.07, 6.45) is 6.37. The van der Waals surface area contributed by atoms with Crippen LogP contribution in [0.2, 0.25) is 5.02 Å². The van der Waals surface area contributed by atoms with Gasteiger partial charge in [-0.3, -0.25) is 0 Å². The standard InChI is InChI=1S/C21H24ClN3O3/c22-12-5-6-13(18(27)9-12)19-14-10-21(7-8-21)28-11-15(14)20(25-24-19)23-16-3-1-2-4-17(16)26/h5-6,9,16-17,26-27H,1-4,7-8,10-11H2,(H,23,25)/t16-,17-/m1/s1. The predicted molar refractivity (Wildman–Crippen MR) is 106 cm³/mol. The number of rotatable bonds is 3. The van der Waals surface area contributed by atoms with E-state index in [1.165, 1.54) is 6.07 Å². The monoisotopic (exact) mass is 401 g/mol. The molecule has 1 spiro atoms. The molecule has 0 radical (unpaired) electrons. The van der Waals surface area contributed by atoms with Crippen LogP contribution < -0.4 is 5.32 Å². The summed E-state index contributed by atoms with van der Waals surface area (Å²) in [6, 6.07) is 5.05. The molecule has 2 fully saturated rings. The molecule has 2 atom stereocenters. The van der Waals surface area contributed by atoms with Crippen molar-refractivity contribution < 1.29 is 14.9 Å². The normalized spacial score (nSPS) is 25.4. The van der Waals surface area contributed by atoms with E-state index in [1.54, 1.807) is 12.1 Å². The van der Waals surface area contributed by atoms with Gasteiger partial charge in [0.25, 0.3) is 0 Å². The number of benzene rings is 1. The van der Waals surface area contributed by atoms with Gasteiger partial charge in [-0.15, -0.1) is 10.2 Å². The van der Waals surface area contributed by atoms with Gasteiger partial charge >= 0.3 is 0 Å². The topological polar surface area (TPSA) is 87.5 Å². The fourth-order valence-electron chi connectivity index (χ4n) is 4.40. The maximum absolute atomic E-state index is 10.4. The Labute approximate surface area is 168 Å². The molecule has 6 nitrogen and oxygen atoms in total. The van der Waals surface area contributed by atoms with E-state index in [2.05, 4.69) is 15.5 Å². The molecule has 0 amide bonds. The molecule has 3 N–H and O–H groups in total. The number of phenolic OH excluding ortho intramolecular Hbond substituents is 1. The molecule has 1 aromatic heterocycles. The molecule has 2 aliphatic carbocycles. The fourth-order valence-corrected chi connectivity index (χ4v) is 4.57. The summed E-state index contributed by atoms with van der Waals surface area (Å²) in [5.41, 5.74) is 3.29. The lowest BCUT2D eigenvalue weighted by atomic mass is 9.91. The van der Waals surface area contributed by atoms with E-state index in [0.29, 0.717) is 28.7 Å². The van der Waals surface area contributed by atoms with Gasteiger partial charge < -0.3 is 20.3 Å². The molecule has 0 saturated heterocycles. The molecule has 0 bridgehead atoms. The average molecular weight is 402 g/mol. The van der Waals surface area contributed by atoms with Crippen LogP contribution in [0.25, 0.3) is 11.3 Å². The number of halogens is 1. The average Bonchev–Trinajstić information content (AvgIpc) is 3.43. The van der Waals surface area contributed by atoms with Gasteiger partial charge in [0.05, 0.1) is 24.4 Å². The van der Waals surface area contributed by atoms with Gasteiger partial charge in [-0.1, -0.05) is 24.4 Å². The number of aromatic hydroxyl groups is 1. The molecule has 1 aliphatic heterocycles. The molecule has 1 aromatic carbocycles. The van der Waals surface area contributed by atoms with Crippen molar-refractivity contribution in [2.75, 3.05) is 5.32 Å². The lowest BCUT2D eigenvalue weighted by Gasteiger charge is -2.32. The van der Waals surface area contributed by atoms with E-state index < -0.39 is 0 Å². The molecular weight excluding hydrogens is 378 g/mol. The molecule has 148 valence electrons. The number of aliphatic hydroxyl groups is 1. The first-order chi connectivity index (χ1) is 13.5. The van der Waals surface area contributed by atoms with Gasteiger partial charge in [-0.05, 0) is 49.4 Å². The number of fused-ring (bicyclic) bond motifs is 1. The minimum Gasteiger partial charge on any atom is -0.507 e. The largest absolute Gasteiger partial charge is 0.507 e. The van der Waals surface area contributed by atoms with Gasteiger partial charge in [0.2, 0.25) is 0 Å². The molecule has 7 heteroatoms. The van der Waals surface area contributed by atoms with Crippen LogP contribution in [0.4, 0.5) is 5.82 Å². The quantitative estimate of drug-likeness (QED) is 0.724. The van der Waals surface area contributed by atoms with Gasteiger partial charge in [0.1, 0.15) is 11.4 Å². The molecule has 3 aliphatic rings. The van der Waals surface area contributed by atoms with Gasteiger partial charge in [0, 0.05) is 22.6 Å². The third-order valence-corrected chi connectivity index (χ3v) is 6.52. The highest BCUT2D eigenvalue weighted by molar-refractivity contribution is 6.30. The fraction of sp³-hybridized carbons (Fsp3) is 0.524. The zero-order chi connectivity index (χ0) is 19.3. The highest BCUT2D eigenvalue weighted by atomic mass is 35.5. The second-order valence-corrected chi connectivity index (χ2v) is 8.70. The number of hydrogen-bond acceptors (Lipinski definition) is 6. The smallest absolute Gasteiger partial charge is 0.154 e. The van der Waals surface area contributed by atoms with E-state index in [-0.39, 0.29) is 23.5 Å². The summed E-state index contributed by atoms with van der Waals surface area (Å²) in [5, 5.41) is 33.6. The number of aromatic nitrogens is 2. The minimum atomic E-state index is -0.370. The second kappa shape index (κ2) is 6.87. The van der Waals surface area contributed by atoms with Crippen LogP contribution in [-0.4, -0.2) is 38.2 Å². The van der Waals surface area contributed by atoms with E-state index in [9.17, 15) is 10.2 Å². The third kappa shape index (κ3) is 3.23. The zero-order valence-corrected chi connectivity index (χ0v) is 16.4. The number of nitrogens with one attached hydrogen (secondary N) is 1. The Balaban J connectivity index is 1.56. The number of hydrogen-bond donors (Lipinski definition) is 3. The molecule has 28 heavy (non-hydrogen) atoms. The van der Waals surface area contributed by atoms with Crippen molar-refractivity contribution in [1.29, 1.82) is 0 Å². The Bertz CT molecular complexity index is 916.